The number of hydrogen-bond acceptors (Lipinski definition) is 6. The van der Waals surface area contributed by atoms with Crippen LogP contribution in [0, 0.1) is 0 Å². The first-order chi connectivity index (χ1) is 10.3. The van der Waals surface area contributed by atoms with Gasteiger partial charge in [-0.05, 0) is 18.2 Å². The zero-order chi connectivity index (χ0) is 14.7. The van der Waals surface area contributed by atoms with Gasteiger partial charge in [-0.1, -0.05) is 0 Å². The van der Waals surface area contributed by atoms with E-state index in [1.807, 2.05) is 18.2 Å². The first-order valence-electron chi connectivity index (χ1n) is 6.97. The van der Waals surface area contributed by atoms with Crippen molar-refractivity contribution in [2.75, 3.05) is 48.8 Å². The first-order valence-corrected chi connectivity index (χ1v) is 6.97. The number of methoxy groups -OCH3 is 1. The summed E-state index contributed by atoms with van der Waals surface area (Å²) in [5.41, 5.74) is 7.78. The second-order valence-electron chi connectivity index (χ2n) is 4.96. The minimum atomic E-state index is 0.730. The van der Waals surface area contributed by atoms with E-state index < -0.39 is 0 Å². The number of nitrogens with zero attached hydrogens (tertiary/aromatic N) is 4. The van der Waals surface area contributed by atoms with Crippen molar-refractivity contribution in [3.05, 3.63) is 36.8 Å². The molecule has 0 amide bonds. The monoisotopic (exact) mass is 285 g/mol. The summed E-state index contributed by atoms with van der Waals surface area (Å²) in [6, 6.07) is 5.90. The van der Waals surface area contributed by atoms with Gasteiger partial charge in [0.15, 0.2) is 0 Å². The number of ether oxygens (including phenoxy) is 1. The molecule has 0 aromatic carbocycles. The van der Waals surface area contributed by atoms with E-state index in [9.17, 15) is 0 Å². The van der Waals surface area contributed by atoms with Crippen molar-refractivity contribution in [3.63, 3.8) is 0 Å². The van der Waals surface area contributed by atoms with Gasteiger partial charge in [-0.15, -0.1) is 0 Å². The maximum Gasteiger partial charge on any atom is 0.137 e. The van der Waals surface area contributed by atoms with E-state index in [0.717, 1.165) is 49.1 Å². The number of anilines is 3. The fourth-order valence-electron chi connectivity index (χ4n) is 2.54. The van der Waals surface area contributed by atoms with Gasteiger partial charge in [0.1, 0.15) is 11.6 Å². The molecule has 2 N–H and O–H groups in total. The summed E-state index contributed by atoms with van der Waals surface area (Å²) >= 11 is 0. The van der Waals surface area contributed by atoms with Gasteiger partial charge in [0.2, 0.25) is 0 Å². The quantitative estimate of drug-likeness (QED) is 0.919. The van der Waals surface area contributed by atoms with Crippen LogP contribution in [-0.4, -0.2) is 43.3 Å². The largest absolute Gasteiger partial charge is 0.495 e. The lowest BCUT2D eigenvalue weighted by atomic mass is 10.2. The molecule has 1 fully saturated rings. The summed E-state index contributed by atoms with van der Waals surface area (Å²) < 4.78 is 5.14. The molecule has 110 valence electrons. The van der Waals surface area contributed by atoms with E-state index in [2.05, 4.69) is 19.8 Å². The van der Waals surface area contributed by atoms with E-state index in [0.29, 0.717) is 0 Å². The Balaban J connectivity index is 1.66. The minimum absolute atomic E-state index is 0.730. The van der Waals surface area contributed by atoms with Gasteiger partial charge in [-0.2, -0.15) is 0 Å². The topological polar surface area (TPSA) is 67.5 Å². The Morgan fingerprint density at radius 3 is 2.43 bits per heavy atom. The van der Waals surface area contributed by atoms with E-state index in [1.165, 1.54) is 0 Å². The Hall–Kier alpha value is -2.50. The van der Waals surface area contributed by atoms with Crippen LogP contribution >= 0.6 is 0 Å². The van der Waals surface area contributed by atoms with Crippen LogP contribution in [0.3, 0.4) is 0 Å². The Morgan fingerprint density at radius 1 is 1.05 bits per heavy atom. The number of nitrogen functional groups attached to an aromatic ring is 1. The molecule has 1 aliphatic heterocycles. The van der Waals surface area contributed by atoms with Gasteiger partial charge in [0.05, 0.1) is 30.9 Å². The van der Waals surface area contributed by atoms with Gasteiger partial charge in [0, 0.05) is 32.4 Å². The maximum atomic E-state index is 5.99. The molecule has 21 heavy (non-hydrogen) atoms. The van der Waals surface area contributed by atoms with Gasteiger partial charge < -0.3 is 20.3 Å². The van der Waals surface area contributed by atoms with Gasteiger partial charge in [-0.3, -0.25) is 4.98 Å². The Morgan fingerprint density at radius 2 is 1.81 bits per heavy atom. The molecule has 0 bridgehead atoms. The van der Waals surface area contributed by atoms with Gasteiger partial charge in [-0.25, -0.2) is 4.98 Å². The lowest BCUT2D eigenvalue weighted by Crippen LogP contribution is -2.47. The number of rotatable bonds is 3. The van der Waals surface area contributed by atoms with Gasteiger partial charge >= 0.3 is 0 Å². The lowest BCUT2D eigenvalue weighted by Gasteiger charge is -2.37. The predicted octanol–water partition coefficient (Wildman–Crippen LogP) is 1.39. The fraction of sp³-hybridized carbons (Fsp3) is 0.333. The molecule has 1 aliphatic rings. The average Bonchev–Trinajstić information content (AvgIpc) is 2.56. The third-order valence-electron chi connectivity index (χ3n) is 3.73. The molecule has 3 rings (SSSR count). The molecule has 6 nitrogen and oxygen atoms in total. The number of pyridine rings is 2. The second-order valence-corrected chi connectivity index (χ2v) is 4.96. The van der Waals surface area contributed by atoms with Gasteiger partial charge in [0.25, 0.3) is 0 Å². The summed E-state index contributed by atoms with van der Waals surface area (Å²) in [4.78, 5) is 13.0. The number of hydrogen-bond donors (Lipinski definition) is 1. The summed E-state index contributed by atoms with van der Waals surface area (Å²) in [5, 5.41) is 0. The Bertz CT molecular complexity index is 593. The van der Waals surface area contributed by atoms with Crippen LogP contribution in [0.1, 0.15) is 0 Å². The van der Waals surface area contributed by atoms with Crippen molar-refractivity contribution in [2.45, 2.75) is 0 Å². The summed E-state index contributed by atoms with van der Waals surface area (Å²) in [7, 11) is 1.65. The van der Waals surface area contributed by atoms with E-state index in [4.69, 9.17) is 10.5 Å². The molecule has 6 heteroatoms. The van der Waals surface area contributed by atoms with Crippen LogP contribution in [0.5, 0.6) is 5.75 Å². The molecule has 0 saturated carbocycles. The minimum Gasteiger partial charge on any atom is -0.495 e. The number of nitrogens with two attached hydrogens (primary N) is 1. The van der Waals surface area contributed by atoms with E-state index in [-0.39, 0.29) is 0 Å². The number of aromatic nitrogens is 2. The normalized spacial score (nSPS) is 15.1. The van der Waals surface area contributed by atoms with Crippen LogP contribution in [-0.2, 0) is 0 Å². The molecule has 3 heterocycles. The first kappa shape index (κ1) is 13.5. The Labute approximate surface area is 124 Å². The highest BCUT2D eigenvalue weighted by atomic mass is 16.5. The van der Waals surface area contributed by atoms with Crippen molar-refractivity contribution < 1.29 is 4.74 Å². The Kier molecular flexibility index (Phi) is 3.77. The van der Waals surface area contributed by atoms with Crippen molar-refractivity contribution in [1.82, 2.24) is 9.97 Å². The van der Waals surface area contributed by atoms with Crippen molar-refractivity contribution >= 4 is 17.2 Å². The molecule has 0 atom stereocenters. The second kappa shape index (κ2) is 5.87. The molecule has 0 spiro atoms. The summed E-state index contributed by atoms with van der Waals surface area (Å²) in [5.74, 6) is 1.76. The molecule has 1 saturated heterocycles. The third-order valence-corrected chi connectivity index (χ3v) is 3.73. The molecule has 0 aliphatic carbocycles. The smallest absolute Gasteiger partial charge is 0.137 e. The van der Waals surface area contributed by atoms with E-state index >= 15 is 0 Å². The van der Waals surface area contributed by atoms with Crippen LogP contribution in [0.4, 0.5) is 17.2 Å². The molecular weight excluding hydrogens is 266 g/mol. The van der Waals surface area contributed by atoms with Crippen molar-refractivity contribution in [2.24, 2.45) is 0 Å². The molecule has 0 radical (unpaired) electrons. The summed E-state index contributed by atoms with van der Waals surface area (Å²) in [6.07, 6.45) is 5.23. The average molecular weight is 285 g/mol. The SMILES string of the molecule is COc1ccc(N2CCN(c3ccncc3N)CC2)nc1. The lowest BCUT2D eigenvalue weighted by molar-refractivity contribution is 0.413. The van der Waals surface area contributed by atoms with E-state index in [1.54, 1.807) is 25.7 Å². The number of piperazine rings is 1. The molecule has 2 aromatic heterocycles. The maximum absolute atomic E-state index is 5.99. The zero-order valence-electron chi connectivity index (χ0n) is 12.1. The zero-order valence-corrected chi connectivity index (χ0v) is 12.1. The highest BCUT2D eigenvalue weighted by Gasteiger charge is 2.19. The fourth-order valence-corrected chi connectivity index (χ4v) is 2.54. The van der Waals surface area contributed by atoms with Crippen LogP contribution in [0.15, 0.2) is 36.8 Å². The van der Waals surface area contributed by atoms with Crippen molar-refractivity contribution in [1.29, 1.82) is 0 Å². The van der Waals surface area contributed by atoms with Crippen LogP contribution in [0.2, 0.25) is 0 Å². The van der Waals surface area contributed by atoms with Crippen LogP contribution < -0.4 is 20.3 Å². The highest BCUT2D eigenvalue weighted by Crippen LogP contribution is 2.24. The highest BCUT2D eigenvalue weighted by molar-refractivity contribution is 5.66. The van der Waals surface area contributed by atoms with Crippen LogP contribution in [0.25, 0.3) is 0 Å². The summed E-state index contributed by atoms with van der Waals surface area (Å²) in [6.45, 7) is 3.67. The molecule has 2 aromatic rings. The standard InChI is InChI=1S/C15H19N5O/c1-21-12-2-3-15(18-10-12)20-8-6-19(7-9-20)14-4-5-17-11-13(14)16/h2-5,10-11H,6-9,16H2,1H3. The molecular formula is C15H19N5O. The predicted molar refractivity (Wildman–Crippen MR) is 83.9 cm³/mol. The van der Waals surface area contributed by atoms with Crippen molar-refractivity contribution in [3.8, 4) is 5.75 Å². The third kappa shape index (κ3) is 2.84. The molecule has 0 unspecified atom stereocenters.